The number of rotatable bonds is 9. The van der Waals surface area contributed by atoms with Gasteiger partial charge in [0, 0.05) is 37.6 Å². The number of amides is 1. The first-order valence-electron chi connectivity index (χ1n) is 13.0. The standard InChI is InChI=1S/C29H33F3N6O3/c1-18(37(2)3)19-6-9-22(10-7-19)41-27-23(29(30,31)32)17-33-28(36-27)35-24-11-8-20(16-25(24)40-5)26(39)34-21-12-14-38(4)15-13-21/h6-11,16-17,21H,1,12-15H2,2-5H3,(H,34,39)(H,33,35,36). The van der Waals surface area contributed by atoms with Crippen molar-refractivity contribution >= 4 is 23.2 Å². The lowest BCUT2D eigenvalue weighted by atomic mass is 10.0. The number of halogens is 3. The van der Waals surface area contributed by atoms with Crippen LogP contribution in [0.4, 0.5) is 24.8 Å². The van der Waals surface area contributed by atoms with E-state index in [9.17, 15) is 18.0 Å². The number of aromatic nitrogens is 2. The summed E-state index contributed by atoms with van der Waals surface area (Å²) in [6.45, 7) is 5.79. The molecule has 2 N–H and O–H groups in total. The van der Waals surface area contributed by atoms with Gasteiger partial charge in [0.1, 0.15) is 17.1 Å². The van der Waals surface area contributed by atoms with Gasteiger partial charge in [-0.3, -0.25) is 4.79 Å². The number of carbonyl (C=O) groups is 1. The van der Waals surface area contributed by atoms with Gasteiger partial charge in [0.05, 0.1) is 12.8 Å². The first kappa shape index (κ1) is 29.7. The number of benzene rings is 2. The van der Waals surface area contributed by atoms with Crippen LogP contribution in [-0.2, 0) is 6.18 Å². The third-order valence-corrected chi connectivity index (χ3v) is 6.77. The molecule has 0 aliphatic carbocycles. The van der Waals surface area contributed by atoms with Gasteiger partial charge in [-0.25, -0.2) is 4.98 Å². The molecule has 1 aromatic heterocycles. The van der Waals surface area contributed by atoms with E-state index in [1.165, 1.54) is 19.2 Å². The maximum absolute atomic E-state index is 13.7. The molecule has 1 fully saturated rings. The summed E-state index contributed by atoms with van der Waals surface area (Å²) in [5.41, 5.74) is 1.15. The van der Waals surface area contributed by atoms with Crippen molar-refractivity contribution in [1.29, 1.82) is 0 Å². The van der Waals surface area contributed by atoms with Crippen LogP contribution in [0, 0.1) is 0 Å². The second kappa shape index (κ2) is 12.5. The molecule has 0 radical (unpaired) electrons. The van der Waals surface area contributed by atoms with Crippen LogP contribution in [0.3, 0.4) is 0 Å². The van der Waals surface area contributed by atoms with Gasteiger partial charge in [0.2, 0.25) is 11.8 Å². The van der Waals surface area contributed by atoms with Gasteiger partial charge in [0.25, 0.3) is 5.91 Å². The summed E-state index contributed by atoms with van der Waals surface area (Å²) in [5, 5.41) is 5.91. The van der Waals surface area contributed by atoms with E-state index < -0.39 is 17.6 Å². The Balaban J connectivity index is 1.54. The molecule has 1 aliphatic rings. The number of hydrogen-bond acceptors (Lipinski definition) is 8. The average molecular weight is 571 g/mol. The maximum Gasteiger partial charge on any atom is 0.423 e. The Hall–Kier alpha value is -4.32. The van der Waals surface area contributed by atoms with E-state index in [1.807, 2.05) is 26.0 Å². The van der Waals surface area contributed by atoms with Crippen LogP contribution >= 0.6 is 0 Å². The Morgan fingerprint density at radius 2 is 1.76 bits per heavy atom. The largest absolute Gasteiger partial charge is 0.495 e. The minimum Gasteiger partial charge on any atom is -0.495 e. The Bertz CT molecular complexity index is 1390. The number of piperidine rings is 1. The number of carbonyl (C=O) groups excluding carboxylic acids is 1. The van der Waals surface area contributed by atoms with Crippen molar-refractivity contribution in [3.8, 4) is 17.4 Å². The highest BCUT2D eigenvalue weighted by molar-refractivity contribution is 5.95. The molecule has 9 nitrogen and oxygen atoms in total. The molecule has 0 unspecified atom stereocenters. The van der Waals surface area contributed by atoms with Crippen molar-refractivity contribution in [3.63, 3.8) is 0 Å². The van der Waals surface area contributed by atoms with Gasteiger partial charge in [-0.2, -0.15) is 18.2 Å². The number of hydrogen-bond donors (Lipinski definition) is 2. The Kier molecular flexibility index (Phi) is 9.01. The Morgan fingerprint density at radius 3 is 2.37 bits per heavy atom. The topological polar surface area (TPSA) is 91.8 Å². The van der Waals surface area contributed by atoms with Crippen molar-refractivity contribution in [1.82, 2.24) is 25.1 Å². The lowest BCUT2D eigenvalue weighted by Gasteiger charge is -2.29. The summed E-state index contributed by atoms with van der Waals surface area (Å²) < 4.78 is 52.2. The lowest BCUT2D eigenvalue weighted by Crippen LogP contribution is -2.43. The predicted octanol–water partition coefficient (Wildman–Crippen LogP) is 5.40. The highest BCUT2D eigenvalue weighted by Gasteiger charge is 2.36. The van der Waals surface area contributed by atoms with Crippen molar-refractivity contribution in [2.75, 3.05) is 46.7 Å². The monoisotopic (exact) mass is 570 g/mol. The second-order valence-corrected chi connectivity index (χ2v) is 9.97. The smallest absolute Gasteiger partial charge is 0.423 e. The number of anilines is 2. The maximum atomic E-state index is 13.7. The van der Waals surface area contributed by atoms with E-state index in [0.29, 0.717) is 23.2 Å². The van der Waals surface area contributed by atoms with Gasteiger partial charge in [-0.15, -0.1) is 0 Å². The molecular weight excluding hydrogens is 537 g/mol. The van der Waals surface area contributed by atoms with Crippen LogP contribution in [0.5, 0.6) is 17.4 Å². The molecule has 218 valence electrons. The normalized spacial score (nSPS) is 14.3. The van der Waals surface area contributed by atoms with Crippen LogP contribution in [0.1, 0.15) is 34.3 Å². The number of methoxy groups -OCH3 is 1. The van der Waals surface area contributed by atoms with Crippen molar-refractivity contribution in [2.45, 2.75) is 25.1 Å². The quantitative estimate of drug-likeness (QED) is 0.354. The van der Waals surface area contributed by atoms with Crippen LogP contribution in [0.25, 0.3) is 5.70 Å². The summed E-state index contributed by atoms with van der Waals surface area (Å²) in [6.07, 6.45) is -2.36. The highest BCUT2D eigenvalue weighted by Crippen LogP contribution is 2.38. The molecular formula is C29H33F3N6O3. The number of ether oxygens (including phenoxy) is 2. The van der Waals surface area contributed by atoms with E-state index in [4.69, 9.17) is 9.47 Å². The molecule has 12 heteroatoms. The molecule has 1 aliphatic heterocycles. The number of nitrogens with zero attached hydrogens (tertiary/aromatic N) is 4. The first-order chi connectivity index (χ1) is 19.4. The van der Waals surface area contributed by atoms with Crippen LogP contribution in [0.15, 0.2) is 55.2 Å². The second-order valence-electron chi connectivity index (χ2n) is 9.97. The molecule has 4 rings (SSSR count). The fourth-order valence-electron chi connectivity index (χ4n) is 4.26. The minimum atomic E-state index is -4.74. The third kappa shape index (κ3) is 7.46. The Labute approximate surface area is 237 Å². The minimum absolute atomic E-state index is 0.0875. The predicted molar refractivity (Wildman–Crippen MR) is 151 cm³/mol. The number of alkyl halides is 3. The van der Waals surface area contributed by atoms with Crippen LogP contribution in [-0.4, -0.2) is 73.1 Å². The van der Waals surface area contributed by atoms with Crippen LogP contribution < -0.4 is 20.1 Å². The van der Waals surface area contributed by atoms with E-state index in [-0.39, 0.29) is 23.6 Å². The van der Waals surface area contributed by atoms with Crippen molar-refractivity contribution in [3.05, 3.63) is 71.9 Å². The summed E-state index contributed by atoms with van der Waals surface area (Å²) in [5.74, 6) is -0.586. The molecule has 2 aromatic carbocycles. The van der Waals surface area contributed by atoms with Gasteiger partial charge in [-0.05, 0) is 81.0 Å². The molecule has 1 saturated heterocycles. The van der Waals surface area contributed by atoms with Crippen molar-refractivity contribution in [2.24, 2.45) is 0 Å². The molecule has 3 aromatic rings. The highest BCUT2D eigenvalue weighted by atomic mass is 19.4. The van der Waals surface area contributed by atoms with E-state index in [0.717, 1.165) is 37.2 Å². The summed E-state index contributed by atoms with van der Waals surface area (Å²) in [7, 11) is 7.15. The summed E-state index contributed by atoms with van der Waals surface area (Å²) >= 11 is 0. The third-order valence-electron chi connectivity index (χ3n) is 6.77. The van der Waals surface area contributed by atoms with E-state index in [1.54, 1.807) is 30.3 Å². The molecule has 1 amide bonds. The fourth-order valence-corrected chi connectivity index (χ4v) is 4.26. The fraction of sp³-hybridized carbons (Fsp3) is 0.345. The molecule has 0 spiro atoms. The number of likely N-dealkylation sites (tertiary alicyclic amines) is 1. The molecule has 41 heavy (non-hydrogen) atoms. The zero-order chi connectivity index (χ0) is 29.7. The average Bonchev–Trinajstić information content (AvgIpc) is 2.94. The summed E-state index contributed by atoms with van der Waals surface area (Å²) in [6, 6.07) is 11.3. The Morgan fingerprint density at radius 1 is 1.10 bits per heavy atom. The van der Waals surface area contributed by atoms with Crippen molar-refractivity contribution < 1.29 is 27.4 Å². The molecule has 0 atom stereocenters. The summed E-state index contributed by atoms with van der Waals surface area (Å²) in [4.78, 5) is 24.7. The van der Waals surface area contributed by atoms with Gasteiger partial charge < -0.3 is 29.9 Å². The molecule has 2 heterocycles. The number of nitrogens with one attached hydrogen (secondary N) is 2. The van der Waals surface area contributed by atoms with Crippen LogP contribution in [0.2, 0.25) is 0 Å². The van der Waals surface area contributed by atoms with E-state index in [2.05, 4.69) is 32.1 Å². The first-order valence-corrected chi connectivity index (χ1v) is 13.0. The SMILES string of the molecule is C=C(c1ccc(Oc2nc(Nc3ccc(C(=O)NC4CCN(C)CC4)cc3OC)ncc2C(F)(F)F)cc1)N(C)C. The molecule has 0 bridgehead atoms. The molecule has 0 saturated carbocycles. The zero-order valence-corrected chi connectivity index (χ0v) is 23.4. The van der Waals surface area contributed by atoms with Gasteiger partial charge in [-0.1, -0.05) is 6.58 Å². The van der Waals surface area contributed by atoms with Gasteiger partial charge in [0.15, 0.2) is 0 Å². The zero-order valence-electron chi connectivity index (χ0n) is 23.4. The van der Waals surface area contributed by atoms with E-state index >= 15 is 0 Å². The lowest BCUT2D eigenvalue weighted by molar-refractivity contribution is -0.139. The van der Waals surface area contributed by atoms with Gasteiger partial charge >= 0.3 is 6.18 Å².